The predicted octanol–water partition coefficient (Wildman–Crippen LogP) is 5.74. The maximum atomic E-state index is 13.2. The first-order valence-electron chi connectivity index (χ1n) is 16.2. The van der Waals surface area contributed by atoms with E-state index in [1.807, 2.05) is 25.7 Å². The van der Waals surface area contributed by atoms with E-state index >= 15 is 0 Å². The van der Waals surface area contributed by atoms with Gasteiger partial charge in [0.05, 0.1) is 40.1 Å². The monoisotopic (exact) mass is 705 g/mol. The van der Waals surface area contributed by atoms with Crippen molar-refractivity contribution >= 4 is 16.0 Å². The summed E-state index contributed by atoms with van der Waals surface area (Å²) in [6.07, 6.45) is -1.12. The number of likely N-dealkylation sites (tertiary alicyclic amines) is 1. The van der Waals surface area contributed by atoms with E-state index in [4.69, 9.17) is 9.29 Å². The number of hydrogen-bond acceptors (Lipinski definition) is 8. The highest BCUT2D eigenvalue weighted by molar-refractivity contribution is 7.85. The van der Waals surface area contributed by atoms with Gasteiger partial charge in [0.15, 0.2) is 0 Å². The number of benzene rings is 2. The number of aromatic nitrogens is 2. The second kappa shape index (κ2) is 15.6. The van der Waals surface area contributed by atoms with E-state index < -0.39 is 21.9 Å². The Morgan fingerprint density at radius 2 is 1.55 bits per heavy atom. The number of aryl methyl sites for hydroxylation is 3. The minimum atomic E-state index is -4.35. The fourth-order valence-corrected chi connectivity index (χ4v) is 7.12. The number of alkyl halides is 3. The van der Waals surface area contributed by atoms with Crippen LogP contribution in [0.4, 0.5) is 13.2 Å². The second-order valence-corrected chi connectivity index (χ2v) is 14.5. The Bertz CT molecular complexity index is 1660. The number of carbonyl (C=O) groups is 1. The van der Waals surface area contributed by atoms with Crippen LogP contribution in [0.25, 0.3) is 0 Å². The largest absolute Gasteiger partial charge is 0.416 e. The lowest BCUT2D eigenvalue weighted by Crippen LogP contribution is -2.62. The van der Waals surface area contributed by atoms with Crippen LogP contribution < -0.4 is 0 Å². The number of nitrogens with zero attached hydrogens (tertiary/aromatic N) is 5. The zero-order valence-electron chi connectivity index (χ0n) is 28.9. The van der Waals surface area contributed by atoms with Crippen molar-refractivity contribution in [1.82, 2.24) is 24.7 Å². The van der Waals surface area contributed by atoms with Crippen LogP contribution in [0.15, 0.2) is 59.8 Å². The summed E-state index contributed by atoms with van der Waals surface area (Å²) >= 11 is 0. The van der Waals surface area contributed by atoms with Crippen molar-refractivity contribution in [2.75, 3.05) is 46.4 Å². The minimum Gasteiger partial charge on any atom is -0.383 e. The molecule has 0 unspecified atom stereocenters. The fraction of sp³-hybridized carbons (Fsp3) is 0.514. The van der Waals surface area contributed by atoms with Crippen LogP contribution >= 0.6 is 0 Å². The lowest BCUT2D eigenvalue weighted by molar-refractivity contribution is -0.137. The SMILES string of the molecule is COC[C@@H](c1ccc(C(F)(F)F)cc1)N1CCN(C2(C)CCN(C(=O)c3c(C)ncnc3C)CC2)C[C@@H]1C.Cc1ccc(S(=O)(=O)O)cc1. The zero-order valence-corrected chi connectivity index (χ0v) is 29.7. The summed E-state index contributed by atoms with van der Waals surface area (Å²) in [4.78, 5) is 28.3. The number of hydrogen-bond donors (Lipinski definition) is 1. The summed E-state index contributed by atoms with van der Waals surface area (Å²) in [5, 5.41) is 0. The van der Waals surface area contributed by atoms with E-state index in [0.29, 0.717) is 36.6 Å². The van der Waals surface area contributed by atoms with Gasteiger partial charge in [-0.2, -0.15) is 21.6 Å². The highest BCUT2D eigenvalue weighted by Crippen LogP contribution is 2.35. The van der Waals surface area contributed by atoms with Crippen molar-refractivity contribution in [3.8, 4) is 0 Å². The average Bonchev–Trinajstić information content (AvgIpc) is 3.04. The number of piperidine rings is 1. The Labute approximate surface area is 287 Å². The summed E-state index contributed by atoms with van der Waals surface area (Å²) < 4.78 is 74.2. The number of piperazine rings is 1. The maximum absolute atomic E-state index is 13.2. The summed E-state index contributed by atoms with van der Waals surface area (Å²) in [6.45, 7) is 14.2. The van der Waals surface area contributed by atoms with Crippen molar-refractivity contribution in [3.63, 3.8) is 0 Å². The van der Waals surface area contributed by atoms with Crippen molar-refractivity contribution in [1.29, 1.82) is 0 Å². The third kappa shape index (κ3) is 9.43. The van der Waals surface area contributed by atoms with Crippen molar-refractivity contribution in [2.45, 2.75) is 76.2 Å². The van der Waals surface area contributed by atoms with Crippen LogP contribution in [-0.4, -0.2) is 102 Å². The molecule has 10 nitrogen and oxygen atoms in total. The topological polar surface area (TPSA) is 116 Å². The molecule has 268 valence electrons. The normalized spacial score (nSPS) is 19.6. The highest BCUT2D eigenvalue weighted by Gasteiger charge is 2.41. The lowest BCUT2D eigenvalue weighted by Gasteiger charge is -2.52. The van der Waals surface area contributed by atoms with E-state index in [1.54, 1.807) is 31.4 Å². The second-order valence-electron chi connectivity index (χ2n) is 13.1. The van der Waals surface area contributed by atoms with E-state index in [0.717, 1.165) is 55.7 Å². The molecule has 3 heterocycles. The van der Waals surface area contributed by atoms with Crippen LogP contribution in [-0.2, 0) is 21.0 Å². The van der Waals surface area contributed by atoms with E-state index in [2.05, 4.69) is 33.6 Å². The molecule has 2 atom stereocenters. The van der Waals surface area contributed by atoms with Crippen molar-refractivity contribution in [3.05, 3.63) is 88.5 Å². The first kappa shape index (κ1) is 38.4. The van der Waals surface area contributed by atoms with Crippen LogP contribution in [0.1, 0.15) is 71.2 Å². The predicted molar refractivity (Wildman–Crippen MR) is 180 cm³/mol. The van der Waals surface area contributed by atoms with Gasteiger partial charge in [0.1, 0.15) is 6.33 Å². The Hall–Kier alpha value is -3.43. The van der Waals surface area contributed by atoms with Crippen molar-refractivity contribution in [2.24, 2.45) is 0 Å². The molecule has 0 bridgehead atoms. The molecule has 1 aromatic heterocycles. The molecule has 0 aliphatic carbocycles. The Morgan fingerprint density at radius 1 is 0.980 bits per heavy atom. The van der Waals surface area contributed by atoms with Gasteiger partial charge in [-0.15, -0.1) is 0 Å². The molecule has 0 saturated carbocycles. The van der Waals surface area contributed by atoms with Gasteiger partial charge >= 0.3 is 6.18 Å². The molecule has 1 N–H and O–H groups in total. The number of rotatable bonds is 7. The van der Waals surface area contributed by atoms with Gasteiger partial charge in [-0.25, -0.2) is 9.97 Å². The molecular formula is C35H46F3N5O5S. The quantitative estimate of drug-likeness (QED) is 0.307. The number of carbonyl (C=O) groups excluding carboxylic acids is 1. The van der Waals surface area contributed by atoms with Gasteiger partial charge in [0, 0.05) is 51.4 Å². The van der Waals surface area contributed by atoms with Gasteiger partial charge in [-0.3, -0.25) is 19.1 Å². The first-order chi connectivity index (χ1) is 22.9. The molecule has 5 rings (SSSR count). The molecular weight excluding hydrogens is 659 g/mol. The Kier molecular flexibility index (Phi) is 12.2. The fourth-order valence-electron chi connectivity index (χ4n) is 6.64. The smallest absolute Gasteiger partial charge is 0.383 e. The first-order valence-corrected chi connectivity index (χ1v) is 17.7. The minimum absolute atomic E-state index is 0.000198. The molecule has 3 aromatic rings. The molecule has 2 aliphatic heterocycles. The van der Waals surface area contributed by atoms with E-state index in [9.17, 15) is 26.4 Å². The van der Waals surface area contributed by atoms with Crippen LogP contribution in [0, 0.1) is 20.8 Å². The molecule has 2 aliphatic rings. The van der Waals surface area contributed by atoms with E-state index in [-0.39, 0.29) is 28.4 Å². The molecule has 49 heavy (non-hydrogen) atoms. The summed E-state index contributed by atoms with van der Waals surface area (Å²) in [5.74, 6) is -0.000198. The number of halogens is 3. The highest BCUT2D eigenvalue weighted by atomic mass is 32.2. The lowest BCUT2D eigenvalue weighted by atomic mass is 9.86. The number of amides is 1. The van der Waals surface area contributed by atoms with E-state index in [1.165, 1.54) is 18.5 Å². The van der Waals surface area contributed by atoms with Crippen molar-refractivity contribution < 1.29 is 35.7 Å². The third-order valence-corrected chi connectivity index (χ3v) is 10.5. The van der Waals surface area contributed by atoms with Gasteiger partial charge in [0.25, 0.3) is 16.0 Å². The molecule has 2 saturated heterocycles. The summed E-state index contributed by atoms with van der Waals surface area (Å²) in [5.41, 5.74) is 3.13. The summed E-state index contributed by atoms with van der Waals surface area (Å²) in [7, 11) is -2.40. The van der Waals surface area contributed by atoms with Gasteiger partial charge < -0.3 is 9.64 Å². The van der Waals surface area contributed by atoms with Gasteiger partial charge in [0.2, 0.25) is 0 Å². The number of ether oxygens (including phenoxy) is 1. The van der Waals surface area contributed by atoms with Crippen LogP contribution in [0.5, 0.6) is 0 Å². The Morgan fingerprint density at radius 3 is 2.04 bits per heavy atom. The molecule has 0 radical (unpaired) electrons. The molecule has 14 heteroatoms. The Balaban J connectivity index is 0.000000418. The number of methoxy groups -OCH3 is 1. The summed E-state index contributed by atoms with van der Waals surface area (Å²) in [6, 6.07) is 11.5. The van der Waals surface area contributed by atoms with Crippen LogP contribution in [0.2, 0.25) is 0 Å². The zero-order chi connectivity index (χ0) is 36.1. The van der Waals surface area contributed by atoms with Crippen LogP contribution in [0.3, 0.4) is 0 Å². The maximum Gasteiger partial charge on any atom is 0.416 e. The third-order valence-electron chi connectivity index (χ3n) is 9.68. The molecule has 2 fully saturated rings. The molecule has 0 spiro atoms. The standard InChI is InChI=1S/C28H38F3N5O2.C7H8O3S/c1-19-16-35(14-15-36(19)24(17-38-5)22-6-8-23(9-7-22)28(29,30)31)27(4)10-12-34(13-11-27)26(37)25-20(2)32-18-33-21(25)3;1-6-2-4-7(5-3-6)11(8,9)10/h6-9,18-19,24H,10-17H2,1-5H3;2-5H,1H3,(H,8,9,10)/t19-,24-;/m0./s1. The molecule has 1 amide bonds. The van der Waals surface area contributed by atoms with Gasteiger partial charge in [-0.1, -0.05) is 29.8 Å². The average molecular weight is 706 g/mol. The molecule has 2 aromatic carbocycles. The van der Waals surface area contributed by atoms with Gasteiger partial charge in [-0.05, 0) is 77.3 Å².